The van der Waals surface area contributed by atoms with Crippen molar-refractivity contribution in [2.24, 2.45) is 0 Å². The van der Waals surface area contributed by atoms with Gasteiger partial charge in [-0.2, -0.15) is 0 Å². The molecule has 0 radical (unpaired) electrons. The molecule has 0 saturated carbocycles. The van der Waals surface area contributed by atoms with Gasteiger partial charge in [0, 0.05) is 29.4 Å². The van der Waals surface area contributed by atoms with Crippen molar-refractivity contribution in [3.8, 4) is 0 Å². The predicted octanol–water partition coefficient (Wildman–Crippen LogP) is 3.60. The van der Waals surface area contributed by atoms with Gasteiger partial charge in [-0.1, -0.05) is 22.9 Å². The van der Waals surface area contributed by atoms with E-state index in [2.05, 4.69) is 46.4 Å². The Morgan fingerprint density at radius 3 is 2.81 bits per heavy atom. The third-order valence-electron chi connectivity index (χ3n) is 3.03. The highest BCUT2D eigenvalue weighted by atomic mass is 79.9. The van der Waals surface area contributed by atoms with Crippen LogP contribution in [0.15, 0.2) is 22.7 Å². The van der Waals surface area contributed by atoms with Gasteiger partial charge in [0.25, 0.3) is 0 Å². The van der Waals surface area contributed by atoms with Crippen molar-refractivity contribution in [2.45, 2.75) is 32.2 Å². The largest absolute Gasteiger partial charge is 0.382 e. The zero-order valence-corrected chi connectivity index (χ0v) is 11.2. The standard InChI is InChI=1S/C13H18BrNO/c1-2-10-9-11(14)3-4-13(10)15-12-5-7-16-8-6-12/h3-4,9,12,15H,2,5-8H2,1H3. The topological polar surface area (TPSA) is 21.3 Å². The second-order valence-electron chi connectivity index (χ2n) is 4.19. The molecule has 88 valence electrons. The molecule has 1 aliphatic heterocycles. The van der Waals surface area contributed by atoms with Crippen LogP contribution in [-0.2, 0) is 11.2 Å². The van der Waals surface area contributed by atoms with Crippen molar-refractivity contribution in [1.29, 1.82) is 0 Å². The first kappa shape index (κ1) is 11.9. The minimum Gasteiger partial charge on any atom is -0.382 e. The van der Waals surface area contributed by atoms with Gasteiger partial charge in [-0.3, -0.25) is 0 Å². The highest BCUT2D eigenvalue weighted by Crippen LogP contribution is 2.23. The minimum atomic E-state index is 0.570. The first-order valence-electron chi connectivity index (χ1n) is 5.92. The summed E-state index contributed by atoms with van der Waals surface area (Å²) >= 11 is 3.51. The summed E-state index contributed by atoms with van der Waals surface area (Å²) in [6.45, 7) is 3.96. The minimum absolute atomic E-state index is 0.570. The molecule has 0 aliphatic carbocycles. The summed E-state index contributed by atoms with van der Waals surface area (Å²) in [5.41, 5.74) is 2.65. The summed E-state index contributed by atoms with van der Waals surface area (Å²) in [6.07, 6.45) is 3.28. The summed E-state index contributed by atoms with van der Waals surface area (Å²) in [5, 5.41) is 3.63. The Bertz CT molecular complexity index is 348. The van der Waals surface area contributed by atoms with Crippen molar-refractivity contribution >= 4 is 21.6 Å². The van der Waals surface area contributed by atoms with E-state index in [1.807, 2.05) is 0 Å². The van der Waals surface area contributed by atoms with Crippen LogP contribution in [0.2, 0.25) is 0 Å². The fourth-order valence-corrected chi connectivity index (χ4v) is 2.47. The van der Waals surface area contributed by atoms with Crippen molar-refractivity contribution in [2.75, 3.05) is 18.5 Å². The van der Waals surface area contributed by atoms with Crippen LogP contribution >= 0.6 is 15.9 Å². The highest BCUT2D eigenvalue weighted by molar-refractivity contribution is 9.10. The maximum absolute atomic E-state index is 5.37. The van der Waals surface area contributed by atoms with Gasteiger partial charge in [0.15, 0.2) is 0 Å². The monoisotopic (exact) mass is 283 g/mol. The first-order valence-corrected chi connectivity index (χ1v) is 6.71. The third-order valence-corrected chi connectivity index (χ3v) is 3.52. The van der Waals surface area contributed by atoms with Crippen LogP contribution in [0.4, 0.5) is 5.69 Å². The number of hydrogen-bond donors (Lipinski definition) is 1. The van der Waals surface area contributed by atoms with Crippen molar-refractivity contribution in [3.05, 3.63) is 28.2 Å². The third kappa shape index (κ3) is 2.98. The van der Waals surface area contributed by atoms with E-state index in [9.17, 15) is 0 Å². The van der Waals surface area contributed by atoms with Gasteiger partial charge in [-0.25, -0.2) is 0 Å². The SMILES string of the molecule is CCc1cc(Br)ccc1NC1CCOCC1. The van der Waals surface area contributed by atoms with E-state index in [4.69, 9.17) is 4.74 Å². The number of anilines is 1. The Labute approximate surface area is 106 Å². The molecule has 2 rings (SSSR count). The molecular weight excluding hydrogens is 266 g/mol. The summed E-state index contributed by atoms with van der Waals surface area (Å²) in [6, 6.07) is 7.03. The van der Waals surface area contributed by atoms with Crippen molar-refractivity contribution in [3.63, 3.8) is 0 Å². The molecule has 1 saturated heterocycles. The molecule has 0 unspecified atom stereocenters. The Balaban J connectivity index is 2.07. The van der Waals surface area contributed by atoms with E-state index in [0.717, 1.165) is 36.9 Å². The Morgan fingerprint density at radius 2 is 2.12 bits per heavy atom. The summed E-state index contributed by atoms with van der Waals surface area (Å²) in [7, 11) is 0. The Morgan fingerprint density at radius 1 is 1.38 bits per heavy atom. The first-order chi connectivity index (χ1) is 7.79. The van der Waals surface area contributed by atoms with Crippen LogP contribution in [0.3, 0.4) is 0 Å². The highest BCUT2D eigenvalue weighted by Gasteiger charge is 2.14. The number of rotatable bonds is 3. The van der Waals surface area contributed by atoms with Crippen LogP contribution in [0, 0.1) is 0 Å². The number of halogens is 1. The molecule has 1 aromatic carbocycles. The van der Waals surface area contributed by atoms with E-state index >= 15 is 0 Å². The van der Waals surface area contributed by atoms with Crippen LogP contribution in [0.5, 0.6) is 0 Å². The van der Waals surface area contributed by atoms with Gasteiger partial charge < -0.3 is 10.1 Å². The number of aryl methyl sites for hydroxylation is 1. The number of ether oxygens (including phenoxy) is 1. The van der Waals surface area contributed by atoms with Crippen LogP contribution in [0.1, 0.15) is 25.3 Å². The van der Waals surface area contributed by atoms with E-state index in [1.165, 1.54) is 11.3 Å². The maximum Gasteiger partial charge on any atom is 0.0485 e. The van der Waals surface area contributed by atoms with Crippen LogP contribution in [0.25, 0.3) is 0 Å². The molecular formula is C13H18BrNO. The lowest BCUT2D eigenvalue weighted by Gasteiger charge is -2.25. The van der Waals surface area contributed by atoms with Gasteiger partial charge >= 0.3 is 0 Å². The van der Waals surface area contributed by atoms with Gasteiger partial charge in [-0.05, 0) is 43.0 Å². The van der Waals surface area contributed by atoms with E-state index in [0.29, 0.717) is 6.04 Å². The lowest BCUT2D eigenvalue weighted by atomic mass is 10.1. The van der Waals surface area contributed by atoms with Gasteiger partial charge in [0.1, 0.15) is 0 Å². The van der Waals surface area contributed by atoms with Crippen LogP contribution < -0.4 is 5.32 Å². The normalized spacial score (nSPS) is 17.4. The molecule has 0 atom stereocenters. The van der Waals surface area contributed by atoms with E-state index < -0.39 is 0 Å². The molecule has 1 fully saturated rings. The second-order valence-corrected chi connectivity index (χ2v) is 5.10. The predicted molar refractivity (Wildman–Crippen MR) is 71.0 cm³/mol. The molecule has 2 nitrogen and oxygen atoms in total. The summed E-state index contributed by atoms with van der Waals surface area (Å²) < 4.78 is 6.52. The fraction of sp³-hybridized carbons (Fsp3) is 0.538. The molecule has 0 aromatic heterocycles. The zero-order chi connectivity index (χ0) is 11.4. The molecule has 0 bridgehead atoms. The van der Waals surface area contributed by atoms with E-state index in [1.54, 1.807) is 0 Å². The second kappa shape index (κ2) is 5.69. The summed E-state index contributed by atoms with van der Waals surface area (Å²) in [4.78, 5) is 0. The quantitative estimate of drug-likeness (QED) is 0.915. The van der Waals surface area contributed by atoms with Gasteiger partial charge in [0.05, 0.1) is 0 Å². The summed E-state index contributed by atoms with van der Waals surface area (Å²) in [5.74, 6) is 0. The molecule has 1 aromatic rings. The molecule has 1 N–H and O–H groups in total. The number of hydrogen-bond acceptors (Lipinski definition) is 2. The number of benzene rings is 1. The van der Waals surface area contributed by atoms with Gasteiger partial charge in [-0.15, -0.1) is 0 Å². The Kier molecular flexibility index (Phi) is 4.24. The molecule has 3 heteroatoms. The fourth-order valence-electron chi connectivity index (χ4n) is 2.06. The molecule has 1 aliphatic rings. The molecule has 0 spiro atoms. The number of nitrogens with one attached hydrogen (secondary N) is 1. The maximum atomic E-state index is 5.37. The lowest BCUT2D eigenvalue weighted by molar-refractivity contribution is 0.0904. The molecule has 1 heterocycles. The van der Waals surface area contributed by atoms with Crippen molar-refractivity contribution in [1.82, 2.24) is 0 Å². The smallest absolute Gasteiger partial charge is 0.0485 e. The Hall–Kier alpha value is -0.540. The van der Waals surface area contributed by atoms with Gasteiger partial charge in [0.2, 0.25) is 0 Å². The van der Waals surface area contributed by atoms with Crippen LogP contribution in [-0.4, -0.2) is 19.3 Å². The average Bonchev–Trinajstić information content (AvgIpc) is 2.33. The average molecular weight is 284 g/mol. The molecule has 16 heavy (non-hydrogen) atoms. The lowest BCUT2D eigenvalue weighted by Crippen LogP contribution is -2.28. The molecule has 0 amide bonds. The van der Waals surface area contributed by atoms with E-state index in [-0.39, 0.29) is 0 Å². The zero-order valence-electron chi connectivity index (χ0n) is 9.63. The van der Waals surface area contributed by atoms with Crippen molar-refractivity contribution < 1.29 is 4.74 Å².